The second-order valence-electron chi connectivity index (χ2n) is 6.48. The molecule has 2 aromatic rings. The molecule has 1 saturated heterocycles. The fourth-order valence-corrected chi connectivity index (χ4v) is 3.43. The number of carbonyl (C=O) groups is 1. The van der Waals surface area contributed by atoms with Crippen LogP contribution >= 0.6 is 0 Å². The van der Waals surface area contributed by atoms with Gasteiger partial charge in [-0.05, 0) is 37.5 Å². The van der Waals surface area contributed by atoms with E-state index in [1.807, 2.05) is 27.9 Å². The van der Waals surface area contributed by atoms with Crippen LogP contribution in [0, 0.1) is 0 Å². The van der Waals surface area contributed by atoms with Gasteiger partial charge in [0, 0.05) is 38.3 Å². The van der Waals surface area contributed by atoms with E-state index in [-0.39, 0.29) is 11.9 Å². The van der Waals surface area contributed by atoms with Crippen LogP contribution in [-0.4, -0.2) is 27.1 Å². The third kappa shape index (κ3) is 4.08. The van der Waals surface area contributed by atoms with Crippen molar-refractivity contribution in [3.63, 3.8) is 0 Å². The lowest BCUT2D eigenvalue weighted by Crippen LogP contribution is -2.34. The van der Waals surface area contributed by atoms with E-state index in [1.165, 1.54) is 6.42 Å². The second kappa shape index (κ2) is 8.18. The second-order valence-corrected chi connectivity index (χ2v) is 6.48. The molecule has 24 heavy (non-hydrogen) atoms. The van der Waals surface area contributed by atoms with Crippen molar-refractivity contribution >= 4 is 5.91 Å². The third-order valence-electron chi connectivity index (χ3n) is 4.77. The molecule has 0 spiro atoms. The van der Waals surface area contributed by atoms with Crippen molar-refractivity contribution < 1.29 is 9.21 Å². The van der Waals surface area contributed by atoms with E-state index in [0.717, 1.165) is 56.7 Å². The molecule has 0 saturated carbocycles. The first-order valence-corrected chi connectivity index (χ1v) is 9.13. The number of amides is 1. The van der Waals surface area contributed by atoms with Gasteiger partial charge in [-0.15, -0.1) is 0 Å². The molecule has 5 heteroatoms. The van der Waals surface area contributed by atoms with E-state index >= 15 is 0 Å². The molecule has 2 aromatic heterocycles. The molecule has 1 aliphatic rings. The summed E-state index contributed by atoms with van der Waals surface area (Å²) in [5.41, 5.74) is 0. The van der Waals surface area contributed by atoms with Crippen molar-refractivity contribution in [1.29, 1.82) is 0 Å². The number of carbonyl (C=O) groups excluding carboxylic acids is 1. The van der Waals surface area contributed by atoms with Crippen LogP contribution in [0.5, 0.6) is 0 Å². The fourth-order valence-electron chi connectivity index (χ4n) is 3.43. The van der Waals surface area contributed by atoms with E-state index in [2.05, 4.69) is 18.1 Å². The number of hydrogen-bond acceptors (Lipinski definition) is 3. The summed E-state index contributed by atoms with van der Waals surface area (Å²) >= 11 is 0. The summed E-state index contributed by atoms with van der Waals surface area (Å²) in [6.45, 7) is 3.72. The molecular formula is C19H27N3O2. The molecule has 130 valence electrons. The maximum Gasteiger partial charge on any atom is 0.223 e. The van der Waals surface area contributed by atoms with E-state index < -0.39 is 0 Å². The molecule has 0 aliphatic carbocycles. The summed E-state index contributed by atoms with van der Waals surface area (Å²) in [6, 6.07) is 6.11. The fraction of sp³-hybridized carbons (Fsp3) is 0.579. The molecule has 1 atom stereocenters. The Labute approximate surface area is 143 Å². The van der Waals surface area contributed by atoms with Crippen molar-refractivity contribution in [2.45, 2.75) is 64.5 Å². The van der Waals surface area contributed by atoms with Gasteiger partial charge in [0.15, 0.2) is 0 Å². The smallest absolute Gasteiger partial charge is 0.223 e. The Balaban J connectivity index is 1.63. The lowest BCUT2D eigenvalue weighted by Gasteiger charge is -2.29. The van der Waals surface area contributed by atoms with Gasteiger partial charge in [-0.25, -0.2) is 0 Å². The quantitative estimate of drug-likeness (QED) is 0.806. The monoisotopic (exact) mass is 329 g/mol. The number of furan rings is 1. The molecule has 0 radical (unpaired) electrons. The average molecular weight is 329 g/mol. The van der Waals surface area contributed by atoms with Gasteiger partial charge in [-0.3, -0.25) is 9.48 Å². The lowest BCUT2D eigenvalue weighted by molar-refractivity contribution is -0.134. The molecule has 3 heterocycles. The molecule has 0 aromatic carbocycles. The topological polar surface area (TPSA) is 51.3 Å². The first kappa shape index (κ1) is 16.8. The minimum Gasteiger partial charge on any atom is -0.464 e. The number of aromatic nitrogens is 2. The van der Waals surface area contributed by atoms with Gasteiger partial charge in [-0.2, -0.15) is 5.10 Å². The Morgan fingerprint density at radius 2 is 2.25 bits per heavy atom. The van der Waals surface area contributed by atoms with E-state index in [9.17, 15) is 4.79 Å². The van der Waals surface area contributed by atoms with Crippen LogP contribution in [0.1, 0.15) is 63.0 Å². The number of aryl methyl sites for hydroxylation is 2. The highest BCUT2D eigenvalue weighted by atomic mass is 16.3. The largest absolute Gasteiger partial charge is 0.464 e. The van der Waals surface area contributed by atoms with Crippen molar-refractivity contribution in [2.24, 2.45) is 0 Å². The molecule has 5 nitrogen and oxygen atoms in total. The predicted molar refractivity (Wildman–Crippen MR) is 92.5 cm³/mol. The molecule has 1 fully saturated rings. The Morgan fingerprint density at radius 1 is 1.33 bits per heavy atom. The Morgan fingerprint density at radius 3 is 3.00 bits per heavy atom. The standard InChI is InChI=1S/C19H27N3O2/c1-2-16-10-11-18(24-16)17-8-4-3-5-15-22(17)19(23)9-6-13-21-14-7-12-20-21/h7,10-12,14,17H,2-6,8-9,13,15H2,1H3. The molecule has 0 bridgehead atoms. The molecule has 1 aliphatic heterocycles. The Bertz CT molecular complexity index is 633. The Hall–Kier alpha value is -2.04. The Kier molecular flexibility index (Phi) is 5.72. The molecule has 1 unspecified atom stereocenters. The van der Waals surface area contributed by atoms with Gasteiger partial charge in [0.25, 0.3) is 0 Å². The van der Waals surface area contributed by atoms with Crippen molar-refractivity contribution in [3.8, 4) is 0 Å². The van der Waals surface area contributed by atoms with Gasteiger partial charge in [0.1, 0.15) is 11.5 Å². The summed E-state index contributed by atoms with van der Waals surface area (Å²) in [6.07, 6.45) is 10.4. The number of rotatable bonds is 6. The van der Waals surface area contributed by atoms with E-state index in [1.54, 1.807) is 6.20 Å². The average Bonchev–Trinajstić information content (AvgIpc) is 3.22. The van der Waals surface area contributed by atoms with E-state index in [0.29, 0.717) is 6.42 Å². The molecule has 3 rings (SSSR count). The SMILES string of the molecule is CCc1ccc(C2CCCCCN2C(=O)CCCn2cccn2)o1. The van der Waals surface area contributed by atoms with Crippen LogP contribution in [0.3, 0.4) is 0 Å². The highest BCUT2D eigenvalue weighted by molar-refractivity contribution is 5.76. The number of likely N-dealkylation sites (tertiary alicyclic amines) is 1. The minimum absolute atomic E-state index is 0.102. The normalized spacial score (nSPS) is 18.5. The predicted octanol–water partition coefficient (Wildman–Crippen LogP) is 3.96. The van der Waals surface area contributed by atoms with E-state index in [4.69, 9.17) is 4.42 Å². The van der Waals surface area contributed by atoms with Gasteiger partial charge in [0.2, 0.25) is 5.91 Å². The maximum absolute atomic E-state index is 12.8. The lowest BCUT2D eigenvalue weighted by atomic mass is 10.1. The molecular weight excluding hydrogens is 302 g/mol. The summed E-state index contributed by atoms with van der Waals surface area (Å²) in [7, 11) is 0. The summed E-state index contributed by atoms with van der Waals surface area (Å²) < 4.78 is 7.85. The zero-order valence-corrected chi connectivity index (χ0v) is 14.5. The van der Waals surface area contributed by atoms with Gasteiger partial charge >= 0.3 is 0 Å². The van der Waals surface area contributed by atoms with Crippen LogP contribution in [0.2, 0.25) is 0 Å². The molecule has 0 N–H and O–H groups in total. The van der Waals surface area contributed by atoms with Crippen LogP contribution < -0.4 is 0 Å². The highest BCUT2D eigenvalue weighted by Gasteiger charge is 2.28. The maximum atomic E-state index is 12.8. The minimum atomic E-state index is 0.102. The van der Waals surface area contributed by atoms with Crippen molar-refractivity contribution in [1.82, 2.24) is 14.7 Å². The zero-order chi connectivity index (χ0) is 16.8. The van der Waals surface area contributed by atoms with Gasteiger partial charge in [-0.1, -0.05) is 19.8 Å². The van der Waals surface area contributed by atoms with Crippen molar-refractivity contribution in [3.05, 3.63) is 42.1 Å². The highest BCUT2D eigenvalue weighted by Crippen LogP contribution is 2.32. The summed E-state index contributed by atoms with van der Waals surface area (Å²) in [5.74, 6) is 2.19. The van der Waals surface area contributed by atoms with Gasteiger partial charge in [0.05, 0.1) is 6.04 Å². The van der Waals surface area contributed by atoms with Crippen LogP contribution in [0.15, 0.2) is 35.0 Å². The van der Waals surface area contributed by atoms with Crippen LogP contribution in [0.4, 0.5) is 0 Å². The van der Waals surface area contributed by atoms with Crippen molar-refractivity contribution in [2.75, 3.05) is 6.54 Å². The number of nitrogens with zero attached hydrogens (tertiary/aromatic N) is 3. The van der Waals surface area contributed by atoms with Crippen LogP contribution in [0.25, 0.3) is 0 Å². The zero-order valence-electron chi connectivity index (χ0n) is 14.5. The third-order valence-corrected chi connectivity index (χ3v) is 4.77. The van der Waals surface area contributed by atoms with Gasteiger partial charge < -0.3 is 9.32 Å². The van der Waals surface area contributed by atoms with Crippen LogP contribution in [-0.2, 0) is 17.8 Å². The summed E-state index contributed by atoms with van der Waals surface area (Å²) in [5, 5.41) is 4.19. The number of hydrogen-bond donors (Lipinski definition) is 0. The summed E-state index contributed by atoms with van der Waals surface area (Å²) in [4.78, 5) is 14.8. The first-order chi connectivity index (χ1) is 11.8. The first-order valence-electron chi connectivity index (χ1n) is 9.13. The molecule has 1 amide bonds.